The van der Waals surface area contributed by atoms with Gasteiger partial charge < -0.3 is 10.1 Å². The Labute approximate surface area is 104 Å². The largest absolute Gasteiger partial charge is 0.384 e. The van der Waals surface area contributed by atoms with Crippen molar-refractivity contribution in [3.63, 3.8) is 0 Å². The van der Waals surface area contributed by atoms with Crippen LogP contribution in [-0.4, -0.2) is 10.1 Å². The number of H-pyrrole nitrogens is 1. The molecule has 0 saturated carbocycles. The molecule has 1 heterocycles. The lowest BCUT2D eigenvalue weighted by Crippen LogP contribution is -1.99. The summed E-state index contributed by atoms with van der Waals surface area (Å²) in [6, 6.07) is 12.0. The van der Waals surface area contributed by atoms with E-state index in [9.17, 15) is 9.50 Å². The maximum Gasteiger partial charge on any atom is 0.131 e. The molecule has 2 N–H and O–H groups in total. The highest BCUT2D eigenvalue weighted by Crippen LogP contribution is 2.29. The third-order valence-electron chi connectivity index (χ3n) is 3.14. The molecule has 0 bridgehead atoms. The molecule has 0 aliphatic rings. The molecule has 2 aromatic carbocycles. The van der Waals surface area contributed by atoms with E-state index >= 15 is 0 Å². The Balaban J connectivity index is 2.21. The number of benzene rings is 2. The lowest BCUT2D eigenvalue weighted by molar-refractivity contribution is 0.222. The fraction of sp³-hybridized carbons (Fsp3) is 0.0667. The van der Waals surface area contributed by atoms with Crippen LogP contribution in [0.3, 0.4) is 0 Å². The first-order chi connectivity index (χ1) is 8.77. The maximum atomic E-state index is 13.7. The molecule has 3 rings (SSSR count). The SMILES string of the molecule is OC(c1cc[nH]c1)c1ccc(F)c2ccccc12. The number of aromatic amines is 1. The second-order valence-electron chi connectivity index (χ2n) is 4.23. The van der Waals surface area contributed by atoms with E-state index in [1.54, 1.807) is 30.6 Å². The van der Waals surface area contributed by atoms with E-state index in [4.69, 9.17) is 0 Å². The maximum absolute atomic E-state index is 13.7. The van der Waals surface area contributed by atoms with Crippen LogP contribution in [0.5, 0.6) is 0 Å². The molecule has 0 spiro atoms. The molecule has 0 radical (unpaired) electrons. The second kappa shape index (κ2) is 4.27. The number of rotatable bonds is 2. The first-order valence-corrected chi connectivity index (χ1v) is 5.75. The van der Waals surface area contributed by atoms with Gasteiger partial charge in [-0.05, 0) is 23.1 Å². The van der Waals surface area contributed by atoms with E-state index < -0.39 is 6.10 Å². The number of hydrogen-bond acceptors (Lipinski definition) is 1. The van der Waals surface area contributed by atoms with E-state index in [0.717, 1.165) is 10.9 Å². The molecule has 0 saturated heterocycles. The molecule has 0 amide bonds. The first-order valence-electron chi connectivity index (χ1n) is 5.75. The molecular formula is C15H12FNO. The van der Waals surface area contributed by atoms with E-state index in [2.05, 4.69) is 4.98 Å². The molecule has 90 valence electrons. The predicted molar refractivity (Wildman–Crippen MR) is 68.8 cm³/mol. The van der Waals surface area contributed by atoms with Gasteiger partial charge in [-0.1, -0.05) is 30.3 Å². The highest BCUT2D eigenvalue weighted by molar-refractivity contribution is 5.86. The van der Waals surface area contributed by atoms with Gasteiger partial charge in [0.2, 0.25) is 0 Å². The molecule has 2 nitrogen and oxygen atoms in total. The van der Waals surface area contributed by atoms with Gasteiger partial charge in [0.05, 0.1) is 0 Å². The zero-order chi connectivity index (χ0) is 12.5. The Morgan fingerprint density at radius 3 is 2.50 bits per heavy atom. The zero-order valence-corrected chi connectivity index (χ0v) is 9.60. The Morgan fingerprint density at radius 2 is 1.78 bits per heavy atom. The summed E-state index contributed by atoms with van der Waals surface area (Å²) in [6.45, 7) is 0. The standard InChI is InChI=1S/C15H12FNO/c16-14-6-5-13(11-3-1-2-4-12(11)14)15(18)10-7-8-17-9-10/h1-9,15,17-18H. The van der Waals surface area contributed by atoms with Crippen molar-refractivity contribution in [2.45, 2.75) is 6.10 Å². The average Bonchev–Trinajstić information content (AvgIpc) is 2.93. The van der Waals surface area contributed by atoms with Gasteiger partial charge in [-0.15, -0.1) is 0 Å². The van der Waals surface area contributed by atoms with Crippen molar-refractivity contribution in [2.24, 2.45) is 0 Å². The lowest BCUT2D eigenvalue weighted by Gasteiger charge is -2.13. The number of aromatic nitrogens is 1. The van der Waals surface area contributed by atoms with Crippen LogP contribution in [0.25, 0.3) is 10.8 Å². The van der Waals surface area contributed by atoms with Crippen LogP contribution in [0.15, 0.2) is 54.9 Å². The van der Waals surface area contributed by atoms with Crippen LogP contribution in [-0.2, 0) is 0 Å². The Bertz CT molecular complexity index is 676. The van der Waals surface area contributed by atoms with Gasteiger partial charge >= 0.3 is 0 Å². The van der Waals surface area contributed by atoms with Gasteiger partial charge in [-0.2, -0.15) is 0 Å². The summed E-state index contributed by atoms with van der Waals surface area (Å²) in [6.07, 6.45) is 2.74. The molecule has 3 heteroatoms. The fourth-order valence-corrected chi connectivity index (χ4v) is 2.21. The van der Waals surface area contributed by atoms with Gasteiger partial charge in [-0.3, -0.25) is 0 Å². The fourth-order valence-electron chi connectivity index (χ4n) is 2.21. The van der Waals surface area contributed by atoms with Crippen LogP contribution < -0.4 is 0 Å². The van der Waals surface area contributed by atoms with Crippen LogP contribution >= 0.6 is 0 Å². The van der Waals surface area contributed by atoms with Crippen LogP contribution in [0.1, 0.15) is 17.2 Å². The van der Waals surface area contributed by atoms with Crippen molar-refractivity contribution >= 4 is 10.8 Å². The topological polar surface area (TPSA) is 36.0 Å². The molecular weight excluding hydrogens is 229 g/mol. The quantitative estimate of drug-likeness (QED) is 0.708. The third-order valence-corrected chi connectivity index (χ3v) is 3.14. The summed E-state index contributed by atoms with van der Waals surface area (Å²) < 4.78 is 13.7. The minimum Gasteiger partial charge on any atom is -0.384 e. The Kier molecular flexibility index (Phi) is 2.61. The van der Waals surface area contributed by atoms with Crippen LogP contribution in [0.4, 0.5) is 4.39 Å². The summed E-state index contributed by atoms with van der Waals surface area (Å²) in [4.78, 5) is 2.91. The van der Waals surface area contributed by atoms with E-state index in [-0.39, 0.29) is 5.82 Å². The highest BCUT2D eigenvalue weighted by atomic mass is 19.1. The summed E-state index contributed by atoms with van der Waals surface area (Å²) in [5.74, 6) is -0.268. The summed E-state index contributed by atoms with van der Waals surface area (Å²) in [5.41, 5.74) is 1.48. The van der Waals surface area contributed by atoms with Crippen molar-refractivity contribution in [1.29, 1.82) is 0 Å². The zero-order valence-electron chi connectivity index (χ0n) is 9.60. The van der Waals surface area contributed by atoms with Gasteiger partial charge in [0.1, 0.15) is 11.9 Å². The lowest BCUT2D eigenvalue weighted by atomic mass is 9.97. The minimum atomic E-state index is -0.748. The van der Waals surface area contributed by atoms with Crippen molar-refractivity contribution in [2.75, 3.05) is 0 Å². The number of aliphatic hydroxyl groups excluding tert-OH is 1. The highest BCUT2D eigenvalue weighted by Gasteiger charge is 2.15. The molecule has 1 unspecified atom stereocenters. The van der Waals surface area contributed by atoms with Crippen LogP contribution in [0, 0.1) is 5.82 Å². The first kappa shape index (κ1) is 11.0. The summed E-state index contributed by atoms with van der Waals surface area (Å²) in [7, 11) is 0. The number of fused-ring (bicyclic) bond motifs is 1. The molecule has 3 aromatic rings. The number of nitrogens with one attached hydrogen (secondary N) is 1. The second-order valence-corrected chi connectivity index (χ2v) is 4.23. The molecule has 1 atom stereocenters. The molecule has 1 aromatic heterocycles. The number of halogens is 1. The van der Waals surface area contributed by atoms with E-state index in [1.165, 1.54) is 6.07 Å². The van der Waals surface area contributed by atoms with Crippen molar-refractivity contribution in [3.8, 4) is 0 Å². The summed E-state index contributed by atoms with van der Waals surface area (Å²) >= 11 is 0. The van der Waals surface area contributed by atoms with Gasteiger partial charge in [-0.25, -0.2) is 4.39 Å². The third kappa shape index (κ3) is 1.69. The molecule has 0 aliphatic heterocycles. The van der Waals surface area contributed by atoms with E-state index in [0.29, 0.717) is 10.9 Å². The van der Waals surface area contributed by atoms with Gasteiger partial charge in [0, 0.05) is 23.3 Å². The molecule has 0 aliphatic carbocycles. The van der Waals surface area contributed by atoms with Crippen molar-refractivity contribution in [1.82, 2.24) is 4.98 Å². The number of aliphatic hydroxyl groups is 1. The van der Waals surface area contributed by atoms with Crippen molar-refractivity contribution in [3.05, 3.63) is 71.8 Å². The number of hydrogen-bond donors (Lipinski definition) is 2. The van der Waals surface area contributed by atoms with Gasteiger partial charge in [0.15, 0.2) is 0 Å². The predicted octanol–water partition coefficient (Wildman–Crippen LogP) is 3.39. The normalized spacial score (nSPS) is 12.8. The average molecular weight is 241 g/mol. The minimum absolute atomic E-state index is 0.268. The molecule has 0 fully saturated rings. The smallest absolute Gasteiger partial charge is 0.131 e. The van der Waals surface area contributed by atoms with Crippen molar-refractivity contribution < 1.29 is 9.50 Å². The van der Waals surface area contributed by atoms with E-state index in [1.807, 2.05) is 18.2 Å². The molecule has 18 heavy (non-hydrogen) atoms. The monoisotopic (exact) mass is 241 g/mol. The Morgan fingerprint density at radius 1 is 1.00 bits per heavy atom. The van der Waals surface area contributed by atoms with Gasteiger partial charge in [0.25, 0.3) is 0 Å². The van der Waals surface area contributed by atoms with Crippen LogP contribution in [0.2, 0.25) is 0 Å². The Hall–Kier alpha value is -2.13. The summed E-state index contributed by atoms with van der Waals surface area (Å²) in [5, 5.41) is 11.6.